The number of rotatable bonds is 10. The highest BCUT2D eigenvalue weighted by molar-refractivity contribution is 6.07. The minimum absolute atomic E-state index is 0.00280. The van der Waals surface area contributed by atoms with E-state index in [-0.39, 0.29) is 35.4 Å². The molecule has 7 heteroatoms. The number of benzene rings is 1. The Kier molecular flexibility index (Phi) is 8.16. The highest BCUT2D eigenvalue weighted by atomic mass is 16.5. The minimum Gasteiger partial charge on any atom is -0.493 e. The highest BCUT2D eigenvalue weighted by Crippen LogP contribution is 2.55. The van der Waals surface area contributed by atoms with Gasteiger partial charge in [-0.1, -0.05) is 52.5 Å². The van der Waals surface area contributed by atoms with Crippen LogP contribution in [0.15, 0.2) is 60.0 Å². The number of allylic oxidation sites excluding steroid dienone is 5. The number of hydrogen-bond acceptors (Lipinski definition) is 6. The second-order valence-corrected chi connectivity index (χ2v) is 12.6. The number of nitrogens with zero attached hydrogens (tertiary/aromatic N) is 1. The molecule has 1 aliphatic heterocycles. The molecule has 3 aliphatic rings. The summed E-state index contributed by atoms with van der Waals surface area (Å²) in [7, 11) is 1.57. The maximum Gasteiger partial charge on any atom is 0.305 e. The van der Waals surface area contributed by atoms with Crippen molar-refractivity contribution in [1.29, 1.82) is 0 Å². The molecule has 1 aromatic rings. The normalized spacial score (nSPS) is 20.2. The van der Waals surface area contributed by atoms with Crippen molar-refractivity contribution in [3.05, 3.63) is 71.1 Å². The summed E-state index contributed by atoms with van der Waals surface area (Å²) in [5, 5.41) is 9.57. The number of hydrogen-bond donors (Lipinski definition) is 1. The molecule has 1 aromatic carbocycles. The first-order valence-electron chi connectivity index (χ1n) is 13.9. The summed E-state index contributed by atoms with van der Waals surface area (Å²) in [6.07, 6.45) is 5.81. The number of ether oxygens (including phenoxy) is 2. The van der Waals surface area contributed by atoms with Gasteiger partial charge < -0.3 is 19.5 Å². The van der Waals surface area contributed by atoms with Crippen LogP contribution < -0.4 is 9.47 Å². The molecule has 2 aliphatic carbocycles. The van der Waals surface area contributed by atoms with Gasteiger partial charge >= 0.3 is 5.97 Å². The number of carbonyl (C=O) groups excluding carboxylic acids is 2. The second kappa shape index (κ2) is 11.1. The Labute approximate surface area is 237 Å². The van der Waals surface area contributed by atoms with Crippen LogP contribution in [0.1, 0.15) is 76.8 Å². The molecule has 0 atom stereocenters. The van der Waals surface area contributed by atoms with Crippen LogP contribution in [0.5, 0.6) is 11.5 Å². The van der Waals surface area contributed by atoms with E-state index in [9.17, 15) is 19.5 Å². The summed E-state index contributed by atoms with van der Waals surface area (Å²) in [5.74, 6) is -0.386. The van der Waals surface area contributed by atoms with Crippen molar-refractivity contribution < 1.29 is 29.0 Å². The quantitative estimate of drug-likeness (QED) is 0.351. The molecule has 0 amide bonds. The molecule has 0 saturated heterocycles. The topological polar surface area (TPSA) is 93.1 Å². The van der Waals surface area contributed by atoms with Gasteiger partial charge in [0.15, 0.2) is 23.1 Å². The zero-order valence-electron chi connectivity index (χ0n) is 24.4. The van der Waals surface area contributed by atoms with E-state index in [1.165, 1.54) is 0 Å². The van der Waals surface area contributed by atoms with Crippen LogP contribution in [0.3, 0.4) is 0 Å². The van der Waals surface area contributed by atoms with Crippen molar-refractivity contribution in [2.75, 3.05) is 20.3 Å². The Morgan fingerprint density at radius 1 is 1.00 bits per heavy atom. The molecule has 0 spiro atoms. The first kappa shape index (κ1) is 29.4. The zero-order chi connectivity index (χ0) is 29.4. The molecule has 7 nitrogen and oxygen atoms in total. The average molecular weight is 548 g/mol. The number of carboxylic acids is 1. The fourth-order valence-corrected chi connectivity index (χ4v) is 6.47. The van der Waals surface area contributed by atoms with Crippen LogP contribution >= 0.6 is 0 Å². The van der Waals surface area contributed by atoms with E-state index in [0.717, 1.165) is 22.5 Å². The van der Waals surface area contributed by atoms with Gasteiger partial charge in [0.25, 0.3) is 0 Å². The first-order valence-corrected chi connectivity index (χ1v) is 13.9. The van der Waals surface area contributed by atoms with Gasteiger partial charge in [0.05, 0.1) is 13.5 Å². The molecule has 214 valence electrons. The Morgan fingerprint density at radius 3 is 2.05 bits per heavy atom. The van der Waals surface area contributed by atoms with Crippen molar-refractivity contribution in [3.63, 3.8) is 0 Å². The standard InChI is InChI=1S/C33H41NO6/c1-8-10-20-14-21(15-26(39-7)31(20)40-13-9-2)28-29-22(16-32(3,4)18-24(29)35)34(12-11-27(37)38)23-17-33(5,6)19-25(36)30(23)28/h8-9,14-15,28H,1-2,10-13,16-19H2,3-7H3,(H,37,38). The predicted molar refractivity (Wildman–Crippen MR) is 154 cm³/mol. The zero-order valence-corrected chi connectivity index (χ0v) is 24.4. The Morgan fingerprint density at radius 2 is 1.57 bits per heavy atom. The molecular formula is C33H41NO6. The van der Waals surface area contributed by atoms with Crippen LogP contribution in [-0.2, 0) is 20.8 Å². The van der Waals surface area contributed by atoms with Crippen LogP contribution in [0.4, 0.5) is 0 Å². The van der Waals surface area contributed by atoms with Gasteiger partial charge in [0.1, 0.15) is 6.61 Å². The van der Waals surface area contributed by atoms with E-state index in [2.05, 4.69) is 40.9 Å². The molecule has 0 bridgehead atoms. The summed E-state index contributed by atoms with van der Waals surface area (Å²) >= 11 is 0. The van der Waals surface area contributed by atoms with E-state index in [4.69, 9.17) is 9.47 Å². The molecular weight excluding hydrogens is 506 g/mol. The average Bonchev–Trinajstić information content (AvgIpc) is 2.84. The van der Waals surface area contributed by atoms with E-state index < -0.39 is 11.9 Å². The largest absolute Gasteiger partial charge is 0.493 e. The third-order valence-electron chi connectivity index (χ3n) is 7.99. The number of ketones is 2. The van der Waals surface area contributed by atoms with Gasteiger partial charge in [-0.15, -0.1) is 6.58 Å². The summed E-state index contributed by atoms with van der Waals surface area (Å²) in [4.78, 5) is 41.6. The maximum atomic E-state index is 14.0. The van der Waals surface area contributed by atoms with E-state index in [0.29, 0.717) is 61.4 Å². The summed E-state index contributed by atoms with van der Waals surface area (Å²) in [6, 6.07) is 3.87. The van der Waals surface area contributed by atoms with Gasteiger partial charge in [-0.25, -0.2) is 0 Å². The number of methoxy groups -OCH3 is 1. The van der Waals surface area contributed by atoms with Crippen molar-refractivity contribution in [2.45, 2.75) is 72.1 Å². The van der Waals surface area contributed by atoms with E-state index >= 15 is 0 Å². The van der Waals surface area contributed by atoms with Crippen molar-refractivity contribution in [3.8, 4) is 11.5 Å². The minimum atomic E-state index is -0.914. The number of carbonyl (C=O) groups is 3. The summed E-state index contributed by atoms with van der Waals surface area (Å²) in [6.45, 7) is 16.4. The van der Waals surface area contributed by atoms with E-state index in [1.807, 2.05) is 17.0 Å². The van der Waals surface area contributed by atoms with Gasteiger partial charge in [0.2, 0.25) is 0 Å². The van der Waals surface area contributed by atoms with Crippen LogP contribution in [0.25, 0.3) is 0 Å². The van der Waals surface area contributed by atoms with Crippen molar-refractivity contribution in [1.82, 2.24) is 4.90 Å². The third kappa shape index (κ3) is 5.65. The van der Waals surface area contributed by atoms with Crippen LogP contribution in [0.2, 0.25) is 0 Å². The predicted octanol–water partition coefficient (Wildman–Crippen LogP) is 6.15. The molecule has 0 unspecified atom stereocenters. The lowest BCUT2D eigenvalue weighted by Crippen LogP contribution is -2.45. The Balaban J connectivity index is 2.02. The number of aliphatic carboxylic acids is 1. The summed E-state index contributed by atoms with van der Waals surface area (Å²) < 4.78 is 11.7. The SMILES string of the molecule is C=CCOc1c(CC=C)cc(C2C3=C(CC(C)(C)CC3=O)N(CCC(=O)O)C3=C2C(=O)CC(C)(C)C3)cc1OC. The third-order valence-corrected chi connectivity index (χ3v) is 7.99. The number of carboxylic acid groups (broad SMARTS) is 1. The van der Waals surface area contributed by atoms with Gasteiger partial charge in [-0.2, -0.15) is 0 Å². The number of Topliss-reactive ketones (excluding diaryl/α,β-unsaturated/α-hetero) is 2. The molecule has 0 saturated carbocycles. The van der Waals surface area contributed by atoms with Crippen LogP contribution in [0, 0.1) is 10.8 Å². The molecule has 4 rings (SSSR count). The Hall–Kier alpha value is -3.61. The molecule has 0 fully saturated rings. The van der Waals surface area contributed by atoms with Gasteiger partial charge in [-0.3, -0.25) is 14.4 Å². The van der Waals surface area contributed by atoms with Gasteiger partial charge in [0, 0.05) is 53.4 Å². The molecule has 1 heterocycles. The highest BCUT2D eigenvalue weighted by Gasteiger charge is 2.49. The van der Waals surface area contributed by atoms with Crippen LogP contribution in [-0.4, -0.2) is 47.8 Å². The van der Waals surface area contributed by atoms with E-state index in [1.54, 1.807) is 19.3 Å². The maximum absolute atomic E-state index is 14.0. The molecule has 0 aromatic heterocycles. The Bertz CT molecular complexity index is 1270. The van der Waals surface area contributed by atoms with Crippen molar-refractivity contribution >= 4 is 17.5 Å². The summed E-state index contributed by atoms with van der Waals surface area (Å²) in [5.41, 5.74) is 3.94. The fraction of sp³-hybridized carbons (Fsp3) is 0.485. The lowest BCUT2D eigenvalue weighted by Gasteiger charge is -2.49. The molecule has 1 N–H and O–H groups in total. The van der Waals surface area contributed by atoms with Crippen molar-refractivity contribution in [2.24, 2.45) is 10.8 Å². The monoisotopic (exact) mass is 547 g/mol. The fourth-order valence-electron chi connectivity index (χ4n) is 6.47. The lowest BCUT2D eigenvalue weighted by molar-refractivity contribution is -0.137. The second-order valence-electron chi connectivity index (χ2n) is 12.6. The smallest absolute Gasteiger partial charge is 0.305 e. The molecule has 0 radical (unpaired) electrons. The molecule has 40 heavy (non-hydrogen) atoms. The van der Waals surface area contributed by atoms with Gasteiger partial charge in [-0.05, 0) is 41.7 Å². The first-order chi connectivity index (χ1) is 18.8. The lowest BCUT2D eigenvalue weighted by atomic mass is 9.63.